The topological polar surface area (TPSA) is 94.7 Å². The molecule has 4 rings (SSSR count). The predicted molar refractivity (Wildman–Crippen MR) is 115 cm³/mol. The number of anilines is 1. The number of carbonyl (C=O) groups excluding carboxylic acids is 1. The Morgan fingerprint density at radius 2 is 1.84 bits per heavy atom. The number of pyridine rings is 1. The van der Waals surface area contributed by atoms with Gasteiger partial charge in [0.15, 0.2) is 5.75 Å². The van der Waals surface area contributed by atoms with Crippen LogP contribution < -0.4 is 15.1 Å². The van der Waals surface area contributed by atoms with Crippen LogP contribution >= 0.6 is 0 Å². The van der Waals surface area contributed by atoms with Gasteiger partial charge in [-0.05, 0) is 23.6 Å². The van der Waals surface area contributed by atoms with Gasteiger partial charge in [0, 0.05) is 43.0 Å². The Bertz CT molecular complexity index is 1200. The molecule has 0 saturated heterocycles. The number of nitrogens with zero attached hydrogens (tertiary/aromatic N) is 3. The maximum Gasteiger partial charge on any atom is 0.269 e. The summed E-state index contributed by atoms with van der Waals surface area (Å²) < 4.78 is 7.44. The molecule has 8 heteroatoms. The number of rotatable bonds is 6. The first-order chi connectivity index (χ1) is 14.9. The van der Waals surface area contributed by atoms with E-state index in [1.54, 1.807) is 28.8 Å². The lowest BCUT2D eigenvalue weighted by atomic mass is 10.00. The Morgan fingerprint density at radius 3 is 2.58 bits per heavy atom. The van der Waals surface area contributed by atoms with Gasteiger partial charge in [0.25, 0.3) is 5.69 Å². The third kappa shape index (κ3) is 4.32. The zero-order valence-corrected chi connectivity index (χ0v) is 17.0. The number of benzene rings is 2. The van der Waals surface area contributed by atoms with Crippen molar-refractivity contribution in [2.75, 3.05) is 4.90 Å². The van der Waals surface area contributed by atoms with E-state index in [1.165, 1.54) is 18.2 Å². The zero-order chi connectivity index (χ0) is 22.0. The fourth-order valence-corrected chi connectivity index (χ4v) is 3.64. The molecule has 1 aliphatic rings. The molecule has 8 nitrogen and oxygen atoms in total. The highest BCUT2D eigenvalue weighted by atomic mass is 16.6. The van der Waals surface area contributed by atoms with Crippen LogP contribution in [0.25, 0.3) is 0 Å². The van der Waals surface area contributed by atoms with Crippen LogP contribution in [0, 0.1) is 10.1 Å². The van der Waals surface area contributed by atoms with E-state index in [0.717, 1.165) is 11.1 Å². The lowest BCUT2D eigenvalue weighted by Crippen LogP contribution is -2.35. The van der Waals surface area contributed by atoms with Crippen molar-refractivity contribution in [2.45, 2.75) is 26.0 Å². The predicted octanol–water partition coefficient (Wildman–Crippen LogP) is 3.35. The van der Waals surface area contributed by atoms with Crippen LogP contribution in [0.5, 0.6) is 5.75 Å². The monoisotopic (exact) mass is 419 g/mol. The van der Waals surface area contributed by atoms with Crippen molar-refractivity contribution in [1.82, 2.24) is 4.57 Å². The average molecular weight is 419 g/mol. The molecule has 3 aromatic rings. The van der Waals surface area contributed by atoms with Gasteiger partial charge >= 0.3 is 0 Å². The number of aromatic nitrogens is 1. The molecule has 0 bridgehead atoms. The van der Waals surface area contributed by atoms with Crippen LogP contribution in [0.2, 0.25) is 0 Å². The van der Waals surface area contributed by atoms with Crippen molar-refractivity contribution in [2.24, 2.45) is 7.05 Å². The number of nitro benzene ring substituents is 1. The second-order valence-corrected chi connectivity index (χ2v) is 7.43. The normalized spacial score (nSPS) is 13.1. The van der Waals surface area contributed by atoms with Gasteiger partial charge in [-0.2, -0.15) is 0 Å². The van der Waals surface area contributed by atoms with Gasteiger partial charge in [-0.25, -0.2) is 0 Å². The third-order valence-corrected chi connectivity index (χ3v) is 5.34. The standard InChI is InChI=1S/C23H21N3O5/c1-24-14-22(31-15-16-5-3-2-4-6-16)21(27)12-19(24)13-25-20-9-8-18(26(29)30)11-17(20)7-10-23(25)28/h2-6,8-9,11-12,14H,7,10,13,15H2,1H3. The number of non-ortho nitro benzene ring substituents is 1. The lowest BCUT2D eigenvalue weighted by Gasteiger charge is -2.30. The molecule has 1 aromatic heterocycles. The Morgan fingerprint density at radius 1 is 1.06 bits per heavy atom. The molecule has 0 atom stereocenters. The molecule has 2 aromatic carbocycles. The Balaban J connectivity index is 1.57. The van der Waals surface area contributed by atoms with Crippen LogP contribution in [-0.4, -0.2) is 15.4 Å². The molecule has 158 valence electrons. The highest BCUT2D eigenvalue weighted by Gasteiger charge is 2.26. The van der Waals surface area contributed by atoms with E-state index in [2.05, 4.69) is 0 Å². The maximum absolute atomic E-state index is 12.6. The quantitative estimate of drug-likeness (QED) is 0.451. The summed E-state index contributed by atoms with van der Waals surface area (Å²) in [6, 6.07) is 15.5. The minimum absolute atomic E-state index is 0.000340. The molecule has 31 heavy (non-hydrogen) atoms. The number of hydrogen-bond acceptors (Lipinski definition) is 5. The van der Waals surface area contributed by atoms with E-state index in [1.807, 2.05) is 30.3 Å². The van der Waals surface area contributed by atoms with Crippen molar-refractivity contribution in [3.8, 4) is 5.75 Å². The maximum atomic E-state index is 12.6. The smallest absolute Gasteiger partial charge is 0.269 e. The van der Waals surface area contributed by atoms with Gasteiger partial charge in [-0.3, -0.25) is 19.7 Å². The van der Waals surface area contributed by atoms with Crippen LogP contribution in [0.4, 0.5) is 11.4 Å². The van der Waals surface area contributed by atoms with Crippen LogP contribution in [-0.2, 0) is 31.4 Å². The third-order valence-electron chi connectivity index (χ3n) is 5.34. The molecule has 0 unspecified atom stereocenters. The van der Waals surface area contributed by atoms with Crippen LogP contribution in [0.3, 0.4) is 0 Å². The molecule has 1 aliphatic heterocycles. The van der Waals surface area contributed by atoms with Gasteiger partial charge in [-0.15, -0.1) is 0 Å². The molecule has 0 fully saturated rings. The van der Waals surface area contributed by atoms with Gasteiger partial charge in [0.05, 0.1) is 17.7 Å². The van der Waals surface area contributed by atoms with Crippen LogP contribution in [0.1, 0.15) is 23.2 Å². The molecular formula is C23H21N3O5. The van der Waals surface area contributed by atoms with E-state index in [9.17, 15) is 19.7 Å². The first-order valence-corrected chi connectivity index (χ1v) is 9.86. The molecular weight excluding hydrogens is 398 g/mol. The number of amides is 1. The molecule has 0 radical (unpaired) electrons. The number of aryl methyl sites for hydroxylation is 2. The number of ether oxygens (including phenoxy) is 1. The van der Waals surface area contributed by atoms with Crippen molar-refractivity contribution < 1.29 is 14.5 Å². The zero-order valence-electron chi connectivity index (χ0n) is 17.0. The summed E-state index contributed by atoms with van der Waals surface area (Å²) in [6.45, 7) is 0.473. The minimum Gasteiger partial charge on any atom is -0.483 e. The van der Waals surface area contributed by atoms with Crippen molar-refractivity contribution in [3.05, 3.63) is 98.0 Å². The number of hydrogen-bond donors (Lipinski definition) is 0. The highest BCUT2D eigenvalue weighted by Crippen LogP contribution is 2.32. The van der Waals surface area contributed by atoms with Gasteiger partial charge < -0.3 is 14.2 Å². The summed E-state index contributed by atoms with van der Waals surface area (Å²) in [7, 11) is 1.79. The molecule has 0 spiro atoms. The summed E-state index contributed by atoms with van der Waals surface area (Å²) >= 11 is 0. The number of carbonyl (C=O) groups is 1. The average Bonchev–Trinajstić information content (AvgIpc) is 2.77. The number of fused-ring (bicyclic) bond motifs is 1. The minimum atomic E-state index is -0.446. The van der Waals surface area contributed by atoms with Crippen LogP contribution in [0.15, 0.2) is 65.6 Å². The SMILES string of the molecule is Cn1cc(OCc2ccccc2)c(=O)cc1CN1C(=O)CCc2cc([N+](=O)[O-])ccc21. The summed E-state index contributed by atoms with van der Waals surface area (Å²) in [5.41, 5.74) is 2.72. The second kappa shape index (κ2) is 8.43. The van der Waals surface area contributed by atoms with Gasteiger partial charge in [0.1, 0.15) is 6.61 Å². The van der Waals surface area contributed by atoms with E-state index in [0.29, 0.717) is 17.8 Å². The summed E-state index contributed by atoms with van der Waals surface area (Å²) in [6.07, 6.45) is 2.34. The van der Waals surface area contributed by atoms with E-state index >= 15 is 0 Å². The van der Waals surface area contributed by atoms with Gasteiger partial charge in [0.2, 0.25) is 11.3 Å². The molecule has 1 amide bonds. The van der Waals surface area contributed by atoms with Gasteiger partial charge in [-0.1, -0.05) is 30.3 Å². The molecule has 0 aliphatic carbocycles. The van der Waals surface area contributed by atoms with E-state index in [-0.39, 0.29) is 42.3 Å². The fraction of sp³-hybridized carbons (Fsp3) is 0.217. The molecule has 0 N–H and O–H groups in total. The Hall–Kier alpha value is -3.94. The molecule has 0 saturated carbocycles. The summed E-state index contributed by atoms with van der Waals surface area (Å²) in [5, 5.41) is 11.1. The lowest BCUT2D eigenvalue weighted by molar-refractivity contribution is -0.384. The Labute approximate surface area is 178 Å². The fourth-order valence-electron chi connectivity index (χ4n) is 3.64. The van der Waals surface area contributed by atoms with Crippen molar-refractivity contribution in [3.63, 3.8) is 0 Å². The Kier molecular flexibility index (Phi) is 5.53. The second-order valence-electron chi connectivity index (χ2n) is 7.43. The first kappa shape index (κ1) is 20.3. The largest absolute Gasteiger partial charge is 0.483 e. The summed E-state index contributed by atoms with van der Waals surface area (Å²) in [4.78, 5) is 37.4. The first-order valence-electron chi connectivity index (χ1n) is 9.86. The van der Waals surface area contributed by atoms with E-state index in [4.69, 9.17) is 4.74 Å². The van der Waals surface area contributed by atoms with Crippen molar-refractivity contribution in [1.29, 1.82) is 0 Å². The van der Waals surface area contributed by atoms with Crippen molar-refractivity contribution >= 4 is 17.3 Å². The molecule has 2 heterocycles. The highest BCUT2D eigenvalue weighted by molar-refractivity contribution is 5.96. The summed E-state index contributed by atoms with van der Waals surface area (Å²) in [5.74, 6) is 0.148. The number of nitro groups is 1. The van der Waals surface area contributed by atoms with E-state index < -0.39 is 4.92 Å².